The maximum Gasteiger partial charge on any atom is 0.260 e. The first-order valence-corrected chi connectivity index (χ1v) is 10.4. The Labute approximate surface area is 157 Å². The third-order valence-corrected chi connectivity index (χ3v) is 6.12. The standard InChI is InChI=1S/C17H19N3O2S3/c1-9(13(21)20-17(2,3)4)25-16-18-14(22)12-10(8-24-15(12)19-16)11-6-5-7-23-11/h5-9H,1-4H3,(H,20,21)(H,18,19,22)/t9-/m0/s1. The number of nitrogens with one attached hydrogen (secondary N) is 2. The van der Waals surface area contributed by atoms with E-state index in [2.05, 4.69) is 15.3 Å². The van der Waals surface area contributed by atoms with Gasteiger partial charge < -0.3 is 10.3 Å². The first-order chi connectivity index (χ1) is 11.7. The zero-order chi connectivity index (χ0) is 18.2. The summed E-state index contributed by atoms with van der Waals surface area (Å²) < 4.78 is 0. The number of rotatable bonds is 4. The molecule has 0 aliphatic rings. The van der Waals surface area contributed by atoms with E-state index in [1.54, 1.807) is 18.3 Å². The summed E-state index contributed by atoms with van der Waals surface area (Å²) in [6, 6.07) is 3.96. The van der Waals surface area contributed by atoms with Crippen molar-refractivity contribution in [2.24, 2.45) is 0 Å². The van der Waals surface area contributed by atoms with E-state index in [-0.39, 0.29) is 22.3 Å². The van der Waals surface area contributed by atoms with Crippen LogP contribution < -0.4 is 10.9 Å². The van der Waals surface area contributed by atoms with E-state index in [0.717, 1.165) is 10.4 Å². The number of nitrogens with zero attached hydrogens (tertiary/aromatic N) is 1. The molecule has 0 radical (unpaired) electrons. The summed E-state index contributed by atoms with van der Waals surface area (Å²) in [5, 5.41) is 7.62. The minimum absolute atomic E-state index is 0.0781. The minimum atomic E-state index is -0.350. The Morgan fingerprint density at radius 2 is 2.12 bits per heavy atom. The highest BCUT2D eigenvalue weighted by molar-refractivity contribution is 8.00. The summed E-state index contributed by atoms with van der Waals surface area (Å²) in [5.41, 5.74) is 0.458. The third-order valence-electron chi connectivity index (χ3n) is 3.36. The van der Waals surface area contributed by atoms with E-state index in [1.165, 1.54) is 23.1 Å². The molecule has 132 valence electrons. The van der Waals surface area contributed by atoms with Gasteiger partial charge in [0, 0.05) is 21.4 Å². The van der Waals surface area contributed by atoms with Crippen molar-refractivity contribution < 1.29 is 4.79 Å². The van der Waals surface area contributed by atoms with Crippen molar-refractivity contribution in [1.82, 2.24) is 15.3 Å². The Bertz CT molecular complexity index is 952. The molecular weight excluding hydrogens is 374 g/mol. The number of aromatic nitrogens is 2. The summed E-state index contributed by atoms with van der Waals surface area (Å²) in [6.45, 7) is 7.62. The maximum atomic E-state index is 12.6. The molecule has 3 aromatic heterocycles. The molecule has 25 heavy (non-hydrogen) atoms. The molecule has 0 bridgehead atoms. The van der Waals surface area contributed by atoms with Crippen LogP contribution >= 0.6 is 34.4 Å². The SMILES string of the molecule is C[C@H](Sc1nc2scc(-c3cccs3)c2c(=O)[nH]1)C(=O)NC(C)(C)C. The van der Waals surface area contributed by atoms with Crippen molar-refractivity contribution in [2.45, 2.75) is 43.6 Å². The molecule has 0 saturated carbocycles. The molecule has 0 unspecified atom stereocenters. The summed E-state index contributed by atoms with van der Waals surface area (Å²) in [7, 11) is 0. The van der Waals surface area contributed by atoms with Gasteiger partial charge in [-0.3, -0.25) is 9.59 Å². The van der Waals surface area contributed by atoms with E-state index in [0.29, 0.717) is 15.4 Å². The smallest absolute Gasteiger partial charge is 0.260 e. The normalized spacial score (nSPS) is 13.1. The third kappa shape index (κ3) is 4.13. The van der Waals surface area contributed by atoms with Crippen molar-refractivity contribution >= 4 is 50.6 Å². The van der Waals surface area contributed by atoms with Gasteiger partial charge in [-0.15, -0.1) is 22.7 Å². The lowest BCUT2D eigenvalue weighted by atomic mass is 10.1. The monoisotopic (exact) mass is 393 g/mol. The fraction of sp³-hybridized carbons (Fsp3) is 0.353. The Balaban J connectivity index is 1.87. The molecule has 1 atom stereocenters. The number of fused-ring (bicyclic) bond motifs is 1. The molecule has 3 heterocycles. The van der Waals surface area contributed by atoms with Crippen LogP contribution in [0.2, 0.25) is 0 Å². The highest BCUT2D eigenvalue weighted by Crippen LogP contribution is 2.34. The fourth-order valence-electron chi connectivity index (χ4n) is 2.29. The maximum absolute atomic E-state index is 12.6. The van der Waals surface area contributed by atoms with Gasteiger partial charge in [0.2, 0.25) is 5.91 Å². The Kier molecular flexibility index (Phi) is 5.04. The van der Waals surface area contributed by atoms with Gasteiger partial charge in [-0.1, -0.05) is 17.8 Å². The summed E-state index contributed by atoms with van der Waals surface area (Å²) in [5.74, 6) is -0.0781. The van der Waals surface area contributed by atoms with E-state index < -0.39 is 0 Å². The summed E-state index contributed by atoms with van der Waals surface area (Å²) >= 11 is 4.30. The molecule has 0 spiro atoms. The zero-order valence-corrected chi connectivity index (χ0v) is 16.8. The Hall–Kier alpha value is -1.64. The van der Waals surface area contributed by atoms with Crippen LogP contribution in [-0.2, 0) is 4.79 Å². The largest absolute Gasteiger partial charge is 0.351 e. The lowest BCUT2D eigenvalue weighted by molar-refractivity contribution is -0.121. The fourth-order valence-corrected chi connectivity index (χ4v) is 4.91. The number of hydrogen-bond donors (Lipinski definition) is 2. The molecular formula is C17H19N3O2S3. The van der Waals surface area contributed by atoms with Crippen molar-refractivity contribution in [2.75, 3.05) is 0 Å². The first kappa shape index (κ1) is 18.2. The van der Waals surface area contributed by atoms with Gasteiger partial charge in [-0.05, 0) is 39.1 Å². The zero-order valence-electron chi connectivity index (χ0n) is 14.4. The second-order valence-corrected chi connectivity index (χ2v) is 9.81. The van der Waals surface area contributed by atoms with Gasteiger partial charge in [-0.25, -0.2) is 4.98 Å². The van der Waals surface area contributed by atoms with Gasteiger partial charge in [0.25, 0.3) is 5.56 Å². The van der Waals surface area contributed by atoms with Gasteiger partial charge in [0.1, 0.15) is 4.83 Å². The van der Waals surface area contributed by atoms with E-state index >= 15 is 0 Å². The van der Waals surface area contributed by atoms with Crippen LogP contribution in [0.1, 0.15) is 27.7 Å². The van der Waals surface area contributed by atoms with Gasteiger partial charge in [0.15, 0.2) is 5.16 Å². The van der Waals surface area contributed by atoms with Crippen LogP contribution in [-0.4, -0.2) is 26.7 Å². The lowest BCUT2D eigenvalue weighted by Gasteiger charge is -2.22. The second-order valence-electron chi connectivity index (χ2n) is 6.68. The van der Waals surface area contributed by atoms with Gasteiger partial charge in [-0.2, -0.15) is 0 Å². The van der Waals surface area contributed by atoms with Crippen LogP contribution in [0.4, 0.5) is 0 Å². The molecule has 5 nitrogen and oxygen atoms in total. The quantitative estimate of drug-likeness (QED) is 0.517. The first-order valence-electron chi connectivity index (χ1n) is 7.78. The number of hydrogen-bond acceptors (Lipinski definition) is 6. The molecule has 0 aliphatic heterocycles. The van der Waals surface area contributed by atoms with Crippen LogP contribution in [0.15, 0.2) is 32.8 Å². The van der Waals surface area contributed by atoms with E-state index in [4.69, 9.17) is 0 Å². The molecule has 0 saturated heterocycles. The van der Waals surface area contributed by atoms with Crippen molar-refractivity contribution in [3.8, 4) is 10.4 Å². The van der Waals surface area contributed by atoms with Gasteiger partial charge >= 0.3 is 0 Å². The summed E-state index contributed by atoms with van der Waals surface area (Å²) in [6.07, 6.45) is 0. The Morgan fingerprint density at radius 3 is 2.76 bits per heavy atom. The van der Waals surface area contributed by atoms with Crippen molar-refractivity contribution in [3.05, 3.63) is 33.2 Å². The number of amides is 1. The van der Waals surface area contributed by atoms with Crippen molar-refractivity contribution in [3.63, 3.8) is 0 Å². The molecule has 3 rings (SSSR count). The number of carbonyl (C=O) groups excluding carboxylic acids is 1. The Morgan fingerprint density at radius 1 is 1.36 bits per heavy atom. The number of aromatic amines is 1. The van der Waals surface area contributed by atoms with Crippen LogP contribution in [0.3, 0.4) is 0 Å². The lowest BCUT2D eigenvalue weighted by Crippen LogP contribution is -2.44. The molecule has 0 aromatic carbocycles. The molecule has 0 fully saturated rings. The van der Waals surface area contributed by atoms with Crippen molar-refractivity contribution in [1.29, 1.82) is 0 Å². The highest BCUT2D eigenvalue weighted by Gasteiger charge is 2.22. The number of H-pyrrole nitrogens is 1. The predicted molar refractivity (Wildman–Crippen MR) is 107 cm³/mol. The molecule has 3 aromatic rings. The molecule has 8 heteroatoms. The topological polar surface area (TPSA) is 74.8 Å². The number of carbonyl (C=O) groups is 1. The molecule has 2 N–H and O–H groups in total. The average molecular weight is 394 g/mol. The van der Waals surface area contributed by atoms with Crippen LogP contribution in [0, 0.1) is 0 Å². The van der Waals surface area contributed by atoms with Crippen LogP contribution in [0.5, 0.6) is 0 Å². The van der Waals surface area contributed by atoms with Crippen LogP contribution in [0.25, 0.3) is 20.7 Å². The highest BCUT2D eigenvalue weighted by atomic mass is 32.2. The number of thioether (sulfide) groups is 1. The summed E-state index contributed by atoms with van der Waals surface area (Å²) in [4.78, 5) is 33.9. The molecule has 0 aliphatic carbocycles. The second kappa shape index (κ2) is 6.93. The number of thiophene rings is 2. The van der Waals surface area contributed by atoms with E-state index in [1.807, 2.05) is 43.7 Å². The predicted octanol–water partition coefficient (Wildman–Crippen LogP) is 4.11. The molecule has 1 amide bonds. The van der Waals surface area contributed by atoms with Gasteiger partial charge in [0.05, 0.1) is 10.6 Å². The minimum Gasteiger partial charge on any atom is -0.351 e. The van der Waals surface area contributed by atoms with E-state index in [9.17, 15) is 9.59 Å². The average Bonchev–Trinajstić information content (AvgIpc) is 3.13.